The predicted octanol–water partition coefficient (Wildman–Crippen LogP) is -0.119. The van der Waals surface area contributed by atoms with Gasteiger partial charge in [-0.15, -0.1) is 0 Å². The van der Waals surface area contributed by atoms with Gasteiger partial charge in [0.2, 0.25) is 5.91 Å². The van der Waals surface area contributed by atoms with E-state index >= 15 is 0 Å². The molecule has 136 valence electrons. The molecule has 1 amide bonds. The van der Waals surface area contributed by atoms with Crippen LogP contribution in [0.15, 0.2) is 0 Å². The summed E-state index contributed by atoms with van der Waals surface area (Å²) in [7, 11) is 0. The fraction of sp³-hybridized carbons (Fsp3) is 0.714. The van der Waals surface area contributed by atoms with Crippen LogP contribution in [-0.2, 0) is 38.1 Å². The summed E-state index contributed by atoms with van der Waals surface area (Å²) in [5.74, 6) is -2.33. The van der Waals surface area contributed by atoms with E-state index in [0.29, 0.717) is 0 Å². The van der Waals surface area contributed by atoms with Crippen LogP contribution < -0.4 is 5.32 Å². The van der Waals surface area contributed by atoms with Crippen molar-refractivity contribution >= 4 is 35.4 Å². The molecule has 1 heterocycles. The molecule has 0 bridgehead atoms. The number of nitrogens with one attached hydrogen (secondary N) is 1. The summed E-state index contributed by atoms with van der Waals surface area (Å²) >= 11 is 6.11. The molecule has 0 aliphatic carbocycles. The van der Waals surface area contributed by atoms with Crippen molar-refractivity contribution in [1.82, 2.24) is 5.32 Å². The fourth-order valence-electron chi connectivity index (χ4n) is 2.28. The standard InChI is InChI=1S/C14H20ClNO8/c1-6(17)16-11-13(23-9(4)20)12(22-8(3)19)10(24-14(11)15)5-21-7(2)18/h10-14H,5H2,1-4H3,(H,16,17)/t10-,11-,12+,13-,14?/m1/s1. The normalized spacial score (nSPS) is 29.3. The van der Waals surface area contributed by atoms with Gasteiger partial charge in [0, 0.05) is 27.7 Å². The van der Waals surface area contributed by atoms with Crippen LogP contribution in [0.5, 0.6) is 0 Å². The Hall–Kier alpha value is -1.87. The number of halogens is 1. The van der Waals surface area contributed by atoms with Crippen LogP contribution in [0, 0.1) is 0 Å². The highest BCUT2D eigenvalue weighted by atomic mass is 35.5. The number of rotatable bonds is 5. The van der Waals surface area contributed by atoms with Gasteiger partial charge >= 0.3 is 17.9 Å². The Morgan fingerprint density at radius 2 is 1.50 bits per heavy atom. The Kier molecular flexibility index (Phi) is 7.43. The lowest BCUT2D eigenvalue weighted by atomic mass is 9.97. The van der Waals surface area contributed by atoms with Crippen LogP contribution in [0.25, 0.3) is 0 Å². The molecule has 1 rings (SSSR count). The molecule has 9 nitrogen and oxygen atoms in total. The van der Waals surface area contributed by atoms with Gasteiger partial charge in [0.15, 0.2) is 17.8 Å². The summed E-state index contributed by atoms with van der Waals surface area (Å²) in [6.45, 7) is 4.51. The van der Waals surface area contributed by atoms with Crippen LogP contribution >= 0.6 is 11.6 Å². The number of amides is 1. The van der Waals surface area contributed by atoms with Crippen molar-refractivity contribution < 1.29 is 38.1 Å². The van der Waals surface area contributed by atoms with Crippen molar-refractivity contribution in [1.29, 1.82) is 0 Å². The average molecular weight is 366 g/mol. The number of ether oxygens (including phenoxy) is 4. The van der Waals surface area contributed by atoms with E-state index in [9.17, 15) is 19.2 Å². The molecule has 0 aromatic rings. The second-order valence-electron chi connectivity index (χ2n) is 5.20. The van der Waals surface area contributed by atoms with Gasteiger partial charge in [0.05, 0.1) is 0 Å². The Morgan fingerprint density at radius 1 is 0.958 bits per heavy atom. The lowest BCUT2D eigenvalue weighted by molar-refractivity contribution is -0.212. The maximum absolute atomic E-state index is 11.4. The molecule has 5 atom stereocenters. The van der Waals surface area contributed by atoms with Crippen LogP contribution in [0.1, 0.15) is 27.7 Å². The van der Waals surface area contributed by atoms with Gasteiger partial charge in [-0.2, -0.15) is 0 Å². The lowest BCUT2D eigenvalue weighted by Gasteiger charge is -2.43. The molecule has 0 aromatic heterocycles. The van der Waals surface area contributed by atoms with E-state index in [4.69, 9.17) is 30.5 Å². The first-order valence-corrected chi connectivity index (χ1v) is 7.60. The highest BCUT2D eigenvalue weighted by Crippen LogP contribution is 2.28. The molecule has 0 spiro atoms. The quantitative estimate of drug-likeness (QED) is 0.407. The molecule has 1 aliphatic rings. The summed E-state index contributed by atoms with van der Waals surface area (Å²) in [4.78, 5) is 45.2. The van der Waals surface area contributed by atoms with E-state index in [2.05, 4.69) is 5.32 Å². The zero-order valence-corrected chi connectivity index (χ0v) is 14.5. The number of hydrogen-bond acceptors (Lipinski definition) is 8. The van der Waals surface area contributed by atoms with Crippen LogP contribution in [0.3, 0.4) is 0 Å². The third-order valence-electron chi connectivity index (χ3n) is 3.06. The number of alkyl halides is 1. The van der Waals surface area contributed by atoms with E-state index < -0.39 is 53.7 Å². The second kappa shape index (κ2) is 8.84. The molecular formula is C14H20ClNO8. The maximum atomic E-state index is 11.4. The monoisotopic (exact) mass is 365 g/mol. The second-order valence-corrected chi connectivity index (χ2v) is 5.63. The average Bonchev–Trinajstić information content (AvgIpc) is 2.42. The zero-order chi connectivity index (χ0) is 18.4. The minimum atomic E-state index is -1.11. The molecule has 1 fully saturated rings. The zero-order valence-electron chi connectivity index (χ0n) is 13.7. The van der Waals surface area contributed by atoms with Crippen LogP contribution in [-0.4, -0.2) is 60.3 Å². The van der Waals surface area contributed by atoms with Gasteiger partial charge in [-0.05, 0) is 0 Å². The molecule has 0 saturated carbocycles. The summed E-state index contributed by atoms with van der Waals surface area (Å²) in [6, 6.07) is -0.953. The molecular weight excluding hydrogens is 346 g/mol. The molecule has 1 N–H and O–H groups in total. The van der Waals surface area contributed by atoms with Gasteiger partial charge in [-0.3, -0.25) is 19.2 Å². The van der Waals surface area contributed by atoms with Crippen LogP contribution in [0.4, 0.5) is 0 Å². The largest absolute Gasteiger partial charge is 0.463 e. The molecule has 1 saturated heterocycles. The number of hydrogen-bond donors (Lipinski definition) is 1. The molecule has 0 aromatic carbocycles. The minimum Gasteiger partial charge on any atom is -0.463 e. The number of esters is 3. The van der Waals surface area contributed by atoms with Gasteiger partial charge < -0.3 is 24.3 Å². The fourth-order valence-corrected chi connectivity index (χ4v) is 2.62. The van der Waals surface area contributed by atoms with Crippen molar-refractivity contribution in [3.05, 3.63) is 0 Å². The van der Waals surface area contributed by atoms with Gasteiger partial charge in [-0.25, -0.2) is 0 Å². The van der Waals surface area contributed by atoms with Crippen molar-refractivity contribution in [2.24, 2.45) is 0 Å². The predicted molar refractivity (Wildman–Crippen MR) is 79.9 cm³/mol. The van der Waals surface area contributed by atoms with Crippen LogP contribution in [0.2, 0.25) is 0 Å². The summed E-state index contributed by atoms with van der Waals surface area (Å²) in [5.41, 5.74) is -1.09. The molecule has 0 radical (unpaired) electrons. The molecule has 1 aliphatic heterocycles. The Labute approximate surface area is 143 Å². The third kappa shape index (κ3) is 5.97. The molecule has 1 unspecified atom stereocenters. The molecule has 10 heteroatoms. The van der Waals surface area contributed by atoms with E-state index in [0.717, 1.165) is 13.8 Å². The topological polar surface area (TPSA) is 117 Å². The van der Waals surface area contributed by atoms with Crippen molar-refractivity contribution in [3.63, 3.8) is 0 Å². The first-order chi connectivity index (χ1) is 11.1. The third-order valence-corrected chi connectivity index (χ3v) is 3.43. The first kappa shape index (κ1) is 20.2. The van der Waals surface area contributed by atoms with E-state index in [-0.39, 0.29) is 6.61 Å². The highest BCUT2D eigenvalue weighted by molar-refractivity contribution is 6.20. The minimum absolute atomic E-state index is 0.263. The SMILES string of the molecule is CC(=O)N[C@H]1C(Cl)O[C@H](COC(C)=O)[C@H](OC(C)=O)[C@@H]1OC(C)=O. The lowest BCUT2D eigenvalue weighted by Crippen LogP contribution is -2.64. The van der Waals surface area contributed by atoms with Gasteiger partial charge in [0.25, 0.3) is 0 Å². The van der Waals surface area contributed by atoms with Gasteiger partial charge in [-0.1, -0.05) is 11.6 Å². The summed E-state index contributed by atoms with van der Waals surface area (Å²) < 4.78 is 20.7. The Bertz CT molecular complexity index is 511. The van der Waals surface area contributed by atoms with Crippen molar-refractivity contribution in [3.8, 4) is 0 Å². The van der Waals surface area contributed by atoms with Crippen molar-refractivity contribution in [2.75, 3.05) is 6.61 Å². The number of carbonyl (C=O) groups is 4. The summed E-state index contributed by atoms with van der Waals surface area (Å²) in [6.07, 6.45) is -3.18. The summed E-state index contributed by atoms with van der Waals surface area (Å²) in [5, 5.41) is 2.50. The smallest absolute Gasteiger partial charge is 0.303 e. The molecule has 24 heavy (non-hydrogen) atoms. The Balaban J connectivity index is 3.11. The van der Waals surface area contributed by atoms with Gasteiger partial charge in [0.1, 0.15) is 18.8 Å². The van der Waals surface area contributed by atoms with E-state index in [1.54, 1.807) is 0 Å². The number of carbonyl (C=O) groups excluding carboxylic acids is 4. The van der Waals surface area contributed by atoms with Crippen molar-refractivity contribution in [2.45, 2.75) is 57.6 Å². The Morgan fingerprint density at radius 3 is 1.96 bits per heavy atom. The highest BCUT2D eigenvalue weighted by Gasteiger charge is 2.50. The van der Waals surface area contributed by atoms with E-state index in [1.165, 1.54) is 13.8 Å². The maximum Gasteiger partial charge on any atom is 0.303 e. The first-order valence-electron chi connectivity index (χ1n) is 7.16. The van der Waals surface area contributed by atoms with E-state index in [1.807, 2.05) is 0 Å².